The summed E-state index contributed by atoms with van der Waals surface area (Å²) in [6.07, 6.45) is -0.0639. The van der Waals surface area contributed by atoms with Crippen LogP contribution in [0.1, 0.15) is 70.7 Å². The van der Waals surface area contributed by atoms with E-state index in [2.05, 4.69) is 10.6 Å². The summed E-state index contributed by atoms with van der Waals surface area (Å²) in [5, 5.41) is 7.77. The van der Waals surface area contributed by atoms with Crippen LogP contribution >= 0.6 is 0 Å². The maximum absolute atomic E-state index is 14.0. The summed E-state index contributed by atoms with van der Waals surface area (Å²) in [7, 11) is 0. The second-order valence-corrected chi connectivity index (χ2v) is 11.2. The Labute approximate surface area is 231 Å². The highest BCUT2D eigenvalue weighted by molar-refractivity contribution is 6.00. The van der Waals surface area contributed by atoms with E-state index in [4.69, 9.17) is 4.74 Å². The summed E-state index contributed by atoms with van der Waals surface area (Å²) in [6, 6.07) is 17.4. The summed E-state index contributed by atoms with van der Waals surface area (Å²) in [4.78, 5) is 42.0. The van der Waals surface area contributed by atoms with Crippen LogP contribution in [-0.4, -0.2) is 40.5 Å². The first-order valence-electron chi connectivity index (χ1n) is 13.5. The molecule has 3 aromatic carbocycles. The van der Waals surface area contributed by atoms with Crippen molar-refractivity contribution in [2.24, 2.45) is 0 Å². The van der Waals surface area contributed by atoms with Crippen molar-refractivity contribution in [3.8, 4) is 0 Å². The smallest absolute Gasteiger partial charge is 0.408 e. The Morgan fingerprint density at radius 2 is 1.56 bits per heavy atom. The number of nitrogens with zero attached hydrogens (tertiary/aromatic N) is 1. The second-order valence-electron chi connectivity index (χ2n) is 11.2. The van der Waals surface area contributed by atoms with E-state index in [1.54, 1.807) is 32.6 Å². The van der Waals surface area contributed by atoms with Gasteiger partial charge in [-0.15, -0.1) is 0 Å². The SMILES string of the molecule is CCC(C)N(C(=O)C(C)NC(=O)OC(C)(C)C)C(C(=O)Nc1ccc2ccccc2c1)c1ccc(C)c(C)c1. The van der Waals surface area contributed by atoms with Crippen molar-refractivity contribution < 1.29 is 19.1 Å². The van der Waals surface area contributed by atoms with Crippen LogP contribution in [-0.2, 0) is 14.3 Å². The molecule has 0 saturated heterocycles. The molecule has 208 valence electrons. The van der Waals surface area contributed by atoms with Crippen molar-refractivity contribution >= 4 is 34.4 Å². The Kier molecular flexibility index (Phi) is 9.38. The van der Waals surface area contributed by atoms with Crippen LogP contribution in [0.15, 0.2) is 60.7 Å². The van der Waals surface area contributed by atoms with Crippen molar-refractivity contribution in [2.75, 3.05) is 5.32 Å². The molecule has 3 aromatic rings. The molecule has 0 radical (unpaired) electrons. The highest BCUT2D eigenvalue weighted by atomic mass is 16.6. The van der Waals surface area contributed by atoms with Crippen LogP contribution in [0.5, 0.6) is 0 Å². The average Bonchev–Trinajstić information content (AvgIpc) is 2.86. The van der Waals surface area contributed by atoms with Gasteiger partial charge in [-0.3, -0.25) is 9.59 Å². The van der Waals surface area contributed by atoms with Crippen molar-refractivity contribution in [1.29, 1.82) is 0 Å². The quantitative estimate of drug-likeness (QED) is 0.340. The molecule has 0 heterocycles. The Bertz CT molecular complexity index is 1340. The number of nitrogens with one attached hydrogen (secondary N) is 2. The van der Waals surface area contributed by atoms with Crippen LogP contribution < -0.4 is 10.6 Å². The number of hydrogen-bond acceptors (Lipinski definition) is 4. The molecule has 2 N–H and O–H groups in total. The maximum atomic E-state index is 14.0. The topological polar surface area (TPSA) is 87.7 Å². The molecule has 0 aliphatic rings. The molecule has 0 aromatic heterocycles. The fourth-order valence-electron chi connectivity index (χ4n) is 4.42. The summed E-state index contributed by atoms with van der Waals surface area (Å²) in [6.45, 7) is 14.8. The average molecular weight is 532 g/mol. The number of fused-ring (bicyclic) bond motifs is 1. The van der Waals surface area contributed by atoms with Gasteiger partial charge in [-0.2, -0.15) is 0 Å². The van der Waals surface area contributed by atoms with E-state index in [9.17, 15) is 14.4 Å². The highest BCUT2D eigenvalue weighted by Gasteiger charge is 2.37. The van der Waals surface area contributed by atoms with Gasteiger partial charge in [0, 0.05) is 11.7 Å². The monoisotopic (exact) mass is 531 g/mol. The van der Waals surface area contributed by atoms with E-state index >= 15 is 0 Å². The zero-order valence-electron chi connectivity index (χ0n) is 24.3. The van der Waals surface area contributed by atoms with Gasteiger partial charge in [0.1, 0.15) is 17.7 Å². The molecule has 39 heavy (non-hydrogen) atoms. The summed E-state index contributed by atoms with van der Waals surface area (Å²) < 4.78 is 5.36. The van der Waals surface area contributed by atoms with E-state index in [0.29, 0.717) is 17.7 Å². The van der Waals surface area contributed by atoms with Crippen molar-refractivity contribution in [1.82, 2.24) is 10.2 Å². The largest absolute Gasteiger partial charge is 0.444 e. The zero-order valence-corrected chi connectivity index (χ0v) is 24.3. The molecular weight excluding hydrogens is 490 g/mol. The van der Waals surface area contributed by atoms with Crippen molar-refractivity contribution in [3.63, 3.8) is 0 Å². The lowest BCUT2D eigenvalue weighted by Crippen LogP contribution is -2.53. The van der Waals surface area contributed by atoms with Crippen LogP contribution in [0.25, 0.3) is 10.8 Å². The maximum Gasteiger partial charge on any atom is 0.408 e. The molecule has 7 heteroatoms. The Balaban J connectivity index is 2.01. The Morgan fingerprint density at radius 3 is 2.18 bits per heavy atom. The molecule has 3 atom stereocenters. The number of amides is 3. The molecule has 0 aliphatic heterocycles. The number of aryl methyl sites for hydroxylation is 2. The molecule has 0 saturated carbocycles. The van der Waals surface area contributed by atoms with Gasteiger partial charge in [0.2, 0.25) is 5.91 Å². The van der Waals surface area contributed by atoms with E-state index in [1.807, 2.05) is 88.4 Å². The first kappa shape index (κ1) is 29.7. The second kappa shape index (κ2) is 12.3. The number of carbonyl (C=O) groups is 3. The minimum absolute atomic E-state index is 0.283. The lowest BCUT2D eigenvalue weighted by Gasteiger charge is -2.37. The molecule has 0 spiro atoms. The molecular formula is C32H41N3O4. The van der Waals surface area contributed by atoms with Gasteiger partial charge in [-0.25, -0.2) is 4.79 Å². The minimum atomic E-state index is -0.916. The summed E-state index contributed by atoms with van der Waals surface area (Å²) in [5.74, 6) is -0.696. The van der Waals surface area contributed by atoms with Crippen LogP contribution in [0.3, 0.4) is 0 Å². The fourth-order valence-corrected chi connectivity index (χ4v) is 4.42. The Hall–Kier alpha value is -3.87. The van der Waals surface area contributed by atoms with E-state index in [1.165, 1.54) is 0 Å². The number of ether oxygens (including phenoxy) is 1. The van der Waals surface area contributed by atoms with Crippen molar-refractivity contribution in [3.05, 3.63) is 77.4 Å². The number of hydrogen-bond donors (Lipinski definition) is 2. The lowest BCUT2D eigenvalue weighted by molar-refractivity contribution is -0.143. The standard InChI is InChI=1S/C32H41N3O4/c1-9-22(4)35(30(37)23(5)33-31(38)39-32(6,7)8)28(26-15-14-20(2)21(3)18-26)29(36)34-27-17-16-24-12-10-11-13-25(24)19-27/h10-19,22-23,28H,9H2,1-8H3,(H,33,38)(H,34,36). The lowest BCUT2D eigenvalue weighted by atomic mass is 9.96. The van der Waals surface area contributed by atoms with Gasteiger partial charge >= 0.3 is 6.09 Å². The van der Waals surface area contributed by atoms with Gasteiger partial charge in [-0.05, 0) is 94.5 Å². The van der Waals surface area contributed by atoms with Crippen LogP contribution in [0, 0.1) is 13.8 Å². The normalized spacial score (nSPS) is 13.7. The predicted molar refractivity (Wildman–Crippen MR) is 157 cm³/mol. The van der Waals surface area contributed by atoms with Crippen LogP contribution in [0.2, 0.25) is 0 Å². The van der Waals surface area contributed by atoms with Gasteiger partial charge in [0.05, 0.1) is 0 Å². The van der Waals surface area contributed by atoms with Crippen LogP contribution in [0.4, 0.5) is 10.5 Å². The minimum Gasteiger partial charge on any atom is -0.444 e. The Morgan fingerprint density at radius 1 is 0.897 bits per heavy atom. The number of alkyl carbamates (subject to hydrolysis) is 1. The third-order valence-electron chi connectivity index (χ3n) is 6.81. The van der Waals surface area contributed by atoms with Gasteiger partial charge in [0.15, 0.2) is 0 Å². The van der Waals surface area contributed by atoms with Gasteiger partial charge in [-0.1, -0.05) is 55.5 Å². The fraction of sp³-hybridized carbons (Fsp3) is 0.406. The van der Waals surface area contributed by atoms with Gasteiger partial charge in [0.25, 0.3) is 5.91 Å². The van der Waals surface area contributed by atoms with E-state index in [-0.39, 0.29) is 17.9 Å². The molecule has 3 amide bonds. The molecule has 0 bridgehead atoms. The zero-order chi connectivity index (χ0) is 28.9. The molecule has 3 rings (SSSR count). The molecule has 3 unspecified atom stereocenters. The number of benzene rings is 3. The summed E-state index contributed by atoms with van der Waals surface area (Å²) in [5.41, 5.74) is 2.75. The predicted octanol–water partition coefficient (Wildman–Crippen LogP) is 6.68. The van der Waals surface area contributed by atoms with Gasteiger partial charge < -0.3 is 20.3 Å². The molecule has 7 nitrogen and oxygen atoms in total. The van der Waals surface area contributed by atoms with Crippen molar-refractivity contribution in [2.45, 2.75) is 85.5 Å². The third kappa shape index (κ3) is 7.59. The van der Waals surface area contributed by atoms with E-state index in [0.717, 1.165) is 21.9 Å². The first-order valence-corrected chi connectivity index (χ1v) is 13.5. The first-order chi connectivity index (χ1) is 18.3. The number of rotatable bonds is 8. The molecule has 0 fully saturated rings. The third-order valence-corrected chi connectivity index (χ3v) is 6.81. The summed E-state index contributed by atoms with van der Waals surface area (Å²) >= 11 is 0. The van der Waals surface area contributed by atoms with E-state index < -0.39 is 23.8 Å². The number of anilines is 1. The number of carbonyl (C=O) groups excluding carboxylic acids is 3. The highest BCUT2D eigenvalue weighted by Crippen LogP contribution is 2.29. The molecule has 0 aliphatic carbocycles.